The predicted octanol–water partition coefficient (Wildman–Crippen LogP) is -1.34. The van der Waals surface area contributed by atoms with Gasteiger partial charge in [0, 0.05) is 5.92 Å². The summed E-state index contributed by atoms with van der Waals surface area (Å²) >= 11 is 0. The molecule has 0 aromatic rings. The minimum absolute atomic E-state index is 0. The maximum absolute atomic E-state index is 2.31. The van der Waals surface area contributed by atoms with Crippen LogP contribution in [0.4, 0.5) is 0 Å². The topological polar surface area (TPSA) is 0 Å². The van der Waals surface area contributed by atoms with Crippen LogP contribution in [0.3, 0.4) is 0 Å². The largest absolute Gasteiger partial charge is 1.00 e. The zero-order chi connectivity index (χ0) is 7.61. The van der Waals surface area contributed by atoms with Crippen molar-refractivity contribution in [2.45, 2.75) is 12.8 Å². The van der Waals surface area contributed by atoms with Crippen LogP contribution in [0.25, 0.3) is 0 Å². The van der Waals surface area contributed by atoms with Crippen LogP contribution < -0.4 is 24.0 Å². The lowest BCUT2D eigenvalue weighted by Crippen LogP contribution is -3.00. The van der Waals surface area contributed by atoms with E-state index in [2.05, 4.69) is 33.3 Å². The Labute approximate surface area is 87.1 Å². The third-order valence-electron chi connectivity index (χ3n) is 1.91. The Morgan fingerprint density at radius 2 is 1.64 bits per heavy atom. The summed E-state index contributed by atoms with van der Waals surface area (Å²) in [5.41, 5.74) is 0. The van der Waals surface area contributed by atoms with Crippen LogP contribution in [0, 0.1) is 5.92 Å². The zero-order valence-electron chi connectivity index (χ0n) is 7.68. The van der Waals surface area contributed by atoms with Gasteiger partial charge in [0.05, 0.1) is 27.7 Å². The van der Waals surface area contributed by atoms with Crippen molar-refractivity contribution in [2.24, 2.45) is 5.92 Å². The highest BCUT2D eigenvalue weighted by atomic mass is 127. The molecule has 66 valence electrons. The van der Waals surface area contributed by atoms with Gasteiger partial charge in [-0.2, -0.15) is 0 Å². The Hall–Kier alpha value is 0.430. The number of rotatable bonds is 2. The number of hydrogen-bond acceptors (Lipinski definition) is 0. The highest BCUT2D eigenvalue weighted by molar-refractivity contribution is 4.93. The van der Waals surface area contributed by atoms with Crippen LogP contribution in [-0.2, 0) is 0 Å². The second kappa shape index (κ2) is 4.45. The monoisotopic (exact) mass is 267 g/mol. The van der Waals surface area contributed by atoms with E-state index in [1.54, 1.807) is 0 Å². The van der Waals surface area contributed by atoms with Crippen molar-refractivity contribution in [2.75, 3.05) is 27.7 Å². The van der Waals surface area contributed by atoms with E-state index in [4.69, 9.17) is 0 Å². The van der Waals surface area contributed by atoms with Gasteiger partial charge in [-0.05, 0) is 12.8 Å². The molecule has 0 aliphatic heterocycles. The fourth-order valence-corrected chi connectivity index (χ4v) is 1.60. The predicted molar refractivity (Wildman–Crippen MR) is 44.8 cm³/mol. The van der Waals surface area contributed by atoms with Gasteiger partial charge in [0.15, 0.2) is 0 Å². The maximum Gasteiger partial charge on any atom is 0.0815 e. The molecule has 0 aromatic carbocycles. The molecule has 0 atom stereocenters. The lowest BCUT2D eigenvalue weighted by Gasteiger charge is -2.27. The lowest BCUT2D eigenvalue weighted by atomic mass is 10.1. The van der Waals surface area contributed by atoms with E-state index in [0.717, 1.165) is 10.4 Å². The van der Waals surface area contributed by atoms with Crippen molar-refractivity contribution in [3.05, 3.63) is 12.2 Å². The molecule has 0 radical (unpaired) electrons. The highest BCUT2D eigenvalue weighted by Gasteiger charge is 2.18. The van der Waals surface area contributed by atoms with Crippen LogP contribution in [0.5, 0.6) is 0 Å². The molecular weight excluding hydrogens is 249 g/mol. The van der Waals surface area contributed by atoms with Crippen LogP contribution in [0.2, 0.25) is 0 Å². The van der Waals surface area contributed by atoms with Gasteiger partial charge >= 0.3 is 0 Å². The van der Waals surface area contributed by atoms with Crippen molar-refractivity contribution in [3.8, 4) is 0 Å². The van der Waals surface area contributed by atoms with Crippen LogP contribution >= 0.6 is 0 Å². The van der Waals surface area contributed by atoms with Crippen LogP contribution in [0.1, 0.15) is 12.8 Å². The smallest absolute Gasteiger partial charge is 0.0815 e. The zero-order valence-corrected chi connectivity index (χ0v) is 9.84. The van der Waals surface area contributed by atoms with Crippen molar-refractivity contribution >= 4 is 0 Å². The molecule has 0 amide bonds. The van der Waals surface area contributed by atoms with E-state index >= 15 is 0 Å². The van der Waals surface area contributed by atoms with E-state index in [0.29, 0.717) is 0 Å². The fourth-order valence-electron chi connectivity index (χ4n) is 1.60. The second-order valence-corrected chi connectivity index (χ2v) is 4.28. The average Bonchev–Trinajstić information content (AvgIpc) is 2.12. The molecule has 1 aliphatic carbocycles. The van der Waals surface area contributed by atoms with E-state index in [1.807, 2.05) is 0 Å². The summed E-state index contributed by atoms with van der Waals surface area (Å²) in [5, 5.41) is 0. The quantitative estimate of drug-likeness (QED) is 0.330. The summed E-state index contributed by atoms with van der Waals surface area (Å²) in [6.45, 7) is 1.31. The summed E-state index contributed by atoms with van der Waals surface area (Å²) in [4.78, 5) is 0. The Balaban J connectivity index is 0.000001000. The van der Waals surface area contributed by atoms with Gasteiger partial charge < -0.3 is 28.5 Å². The van der Waals surface area contributed by atoms with Crippen molar-refractivity contribution in [1.29, 1.82) is 0 Å². The van der Waals surface area contributed by atoms with E-state index in [9.17, 15) is 0 Å². The minimum atomic E-state index is 0. The Morgan fingerprint density at radius 1 is 1.18 bits per heavy atom. The molecule has 2 heteroatoms. The molecule has 0 heterocycles. The van der Waals surface area contributed by atoms with Crippen LogP contribution in [-0.4, -0.2) is 32.2 Å². The van der Waals surface area contributed by atoms with Crippen molar-refractivity contribution < 1.29 is 28.5 Å². The number of nitrogens with zero attached hydrogens (tertiary/aromatic N) is 1. The summed E-state index contributed by atoms with van der Waals surface area (Å²) < 4.78 is 1.10. The number of allylic oxidation sites excluding steroid dienone is 2. The summed E-state index contributed by atoms with van der Waals surface area (Å²) in [5.74, 6) is 0.917. The van der Waals surface area contributed by atoms with Gasteiger partial charge in [-0.1, -0.05) is 12.2 Å². The second-order valence-electron chi connectivity index (χ2n) is 4.28. The van der Waals surface area contributed by atoms with E-state index < -0.39 is 0 Å². The number of hydrogen-bond donors (Lipinski definition) is 0. The number of halogens is 1. The highest BCUT2D eigenvalue weighted by Crippen LogP contribution is 2.19. The molecule has 0 unspecified atom stereocenters. The molecule has 1 aliphatic rings. The van der Waals surface area contributed by atoms with E-state index in [1.165, 1.54) is 19.4 Å². The number of quaternary nitrogens is 1. The SMILES string of the molecule is C[N+](C)(C)CC1CC=CC1.[I-]. The molecule has 11 heavy (non-hydrogen) atoms. The first-order valence-corrected chi connectivity index (χ1v) is 4.03. The molecule has 0 aromatic heterocycles. The van der Waals surface area contributed by atoms with Gasteiger partial charge in [0.25, 0.3) is 0 Å². The summed E-state index contributed by atoms with van der Waals surface area (Å²) in [6, 6.07) is 0. The third-order valence-corrected chi connectivity index (χ3v) is 1.91. The fraction of sp³-hybridized carbons (Fsp3) is 0.778. The Morgan fingerprint density at radius 3 is 2.00 bits per heavy atom. The van der Waals surface area contributed by atoms with Gasteiger partial charge in [0.2, 0.25) is 0 Å². The molecule has 1 rings (SSSR count). The van der Waals surface area contributed by atoms with Gasteiger partial charge in [0.1, 0.15) is 0 Å². The molecule has 0 bridgehead atoms. The third kappa shape index (κ3) is 4.80. The molecule has 0 saturated heterocycles. The first kappa shape index (κ1) is 11.4. The molecule has 0 N–H and O–H groups in total. The molecule has 1 nitrogen and oxygen atoms in total. The van der Waals surface area contributed by atoms with Gasteiger partial charge in [-0.15, -0.1) is 0 Å². The van der Waals surface area contributed by atoms with Crippen molar-refractivity contribution in [1.82, 2.24) is 0 Å². The Kier molecular flexibility index (Phi) is 4.63. The summed E-state index contributed by atoms with van der Waals surface area (Å²) in [6.07, 6.45) is 7.21. The van der Waals surface area contributed by atoms with Gasteiger partial charge in [-0.3, -0.25) is 0 Å². The minimum Gasteiger partial charge on any atom is -1.00 e. The van der Waals surface area contributed by atoms with Crippen LogP contribution in [0.15, 0.2) is 12.2 Å². The first-order valence-electron chi connectivity index (χ1n) is 4.03. The average molecular weight is 267 g/mol. The molecular formula is C9H18IN. The van der Waals surface area contributed by atoms with Crippen molar-refractivity contribution in [3.63, 3.8) is 0 Å². The Bertz CT molecular complexity index is 127. The normalized spacial score (nSPS) is 18.5. The molecule has 0 fully saturated rings. The maximum atomic E-state index is 2.31. The molecule has 0 saturated carbocycles. The molecule has 0 spiro atoms. The first-order chi connectivity index (χ1) is 4.58. The standard InChI is InChI=1S/C9H18N.HI/c1-10(2,3)8-9-6-4-5-7-9;/h4-5,9H,6-8H2,1-3H3;1H/q+1;/p-1. The lowest BCUT2D eigenvalue weighted by molar-refractivity contribution is -0.873. The van der Waals surface area contributed by atoms with E-state index in [-0.39, 0.29) is 24.0 Å². The summed E-state index contributed by atoms with van der Waals surface area (Å²) in [7, 11) is 6.79. The van der Waals surface area contributed by atoms with Gasteiger partial charge in [-0.25, -0.2) is 0 Å².